The summed E-state index contributed by atoms with van der Waals surface area (Å²) in [5, 5.41) is 0. The fraction of sp³-hybridized carbons (Fsp3) is 0.238. The minimum absolute atomic E-state index is 0.0596. The van der Waals surface area contributed by atoms with Crippen molar-refractivity contribution in [1.29, 1.82) is 0 Å². The van der Waals surface area contributed by atoms with Crippen molar-refractivity contribution in [2.75, 3.05) is 20.8 Å². The largest absolute Gasteiger partial charge is 0.493 e. The second-order valence-corrected chi connectivity index (χ2v) is 8.60. The van der Waals surface area contributed by atoms with Gasteiger partial charge in [-0.05, 0) is 54.1 Å². The zero-order valence-corrected chi connectivity index (χ0v) is 16.9. The molecule has 0 amide bonds. The molecule has 2 heterocycles. The molecule has 0 unspecified atom stereocenters. The van der Waals surface area contributed by atoms with E-state index >= 15 is 0 Å². The van der Waals surface area contributed by atoms with E-state index in [9.17, 15) is 12.8 Å². The summed E-state index contributed by atoms with van der Waals surface area (Å²) in [5.41, 5.74) is 1.61. The maximum absolute atomic E-state index is 13.4. The van der Waals surface area contributed by atoms with Crippen molar-refractivity contribution < 1.29 is 22.3 Å². The number of hydrogen-bond donors (Lipinski definition) is 0. The standard InChI is InChI=1S/C21H21FN2O4S/c1-27-19-10-5-15(14-20(19)28-2)21-18-4-3-11-23(18)12-13-24(21)29(25,26)17-8-6-16(22)7-9-17/h3-11,14,21H,12-13H2,1-2H3/t21-/m0/s1. The summed E-state index contributed by atoms with van der Waals surface area (Å²) >= 11 is 0. The van der Waals surface area contributed by atoms with E-state index in [1.165, 1.54) is 23.5 Å². The molecule has 1 atom stereocenters. The fourth-order valence-electron chi connectivity index (χ4n) is 3.72. The molecule has 152 valence electrons. The molecule has 0 aliphatic carbocycles. The number of halogens is 1. The first-order chi connectivity index (χ1) is 14.0. The van der Waals surface area contributed by atoms with Crippen molar-refractivity contribution in [2.45, 2.75) is 17.5 Å². The van der Waals surface area contributed by atoms with Crippen LogP contribution in [0.3, 0.4) is 0 Å². The van der Waals surface area contributed by atoms with Crippen molar-refractivity contribution in [2.24, 2.45) is 0 Å². The Balaban J connectivity index is 1.85. The van der Waals surface area contributed by atoms with E-state index in [0.717, 1.165) is 23.4 Å². The van der Waals surface area contributed by atoms with Crippen LogP contribution in [-0.2, 0) is 16.6 Å². The number of sulfonamides is 1. The Morgan fingerprint density at radius 3 is 2.38 bits per heavy atom. The van der Waals surface area contributed by atoms with E-state index < -0.39 is 21.9 Å². The van der Waals surface area contributed by atoms with E-state index in [1.54, 1.807) is 19.2 Å². The van der Waals surface area contributed by atoms with E-state index in [4.69, 9.17) is 9.47 Å². The zero-order chi connectivity index (χ0) is 20.6. The van der Waals surface area contributed by atoms with Crippen LogP contribution in [0.15, 0.2) is 65.7 Å². The topological polar surface area (TPSA) is 60.8 Å². The van der Waals surface area contributed by atoms with Crippen LogP contribution in [-0.4, -0.2) is 38.1 Å². The van der Waals surface area contributed by atoms with Gasteiger partial charge in [0, 0.05) is 25.0 Å². The third-order valence-corrected chi connectivity index (χ3v) is 7.02. The Hall–Kier alpha value is -2.84. The summed E-state index contributed by atoms with van der Waals surface area (Å²) in [7, 11) is -0.761. The summed E-state index contributed by atoms with van der Waals surface area (Å²) in [6.07, 6.45) is 1.94. The SMILES string of the molecule is COc1ccc([C@H]2c3cccn3CCN2S(=O)(=O)c2ccc(F)cc2)cc1OC. The van der Waals surface area contributed by atoms with Crippen molar-refractivity contribution in [1.82, 2.24) is 8.87 Å². The molecule has 1 aliphatic heterocycles. The number of rotatable bonds is 5. The smallest absolute Gasteiger partial charge is 0.244 e. The number of benzene rings is 2. The lowest BCUT2D eigenvalue weighted by Crippen LogP contribution is -2.42. The molecule has 3 aromatic rings. The van der Waals surface area contributed by atoms with Crippen molar-refractivity contribution in [3.8, 4) is 11.5 Å². The number of nitrogens with zero attached hydrogens (tertiary/aromatic N) is 2. The van der Waals surface area contributed by atoms with E-state index in [-0.39, 0.29) is 4.90 Å². The van der Waals surface area contributed by atoms with Crippen LogP contribution >= 0.6 is 0 Å². The summed E-state index contributed by atoms with van der Waals surface area (Å²) in [5.74, 6) is 0.608. The molecular formula is C21H21FN2O4S. The van der Waals surface area contributed by atoms with Gasteiger partial charge in [-0.3, -0.25) is 0 Å². The molecule has 0 spiro atoms. The van der Waals surface area contributed by atoms with Crippen LogP contribution in [0.1, 0.15) is 17.3 Å². The van der Waals surface area contributed by atoms with Gasteiger partial charge in [0.05, 0.1) is 25.2 Å². The Morgan fingerprint density at radius 2 is 1.69 bits per heavy atom. The van der Waals surface area contributed by atoms with E-state index in [1.807, 2.05) is 29.0 Å². The molecule has 2 aromatic carbocycles. The molecule has 8 heteroatoms. The maximum Gasteiger partial charge on any atom is 0.244 e. The van der Waals surface area contributed by atoms with Crippen LogP contribution in [0.4, 0.5) is 4.39 Å². The van der Waals surface area contributed by atoms with Gasteiger partial charge in [0.15, 0.2) is 11.5 Å². The van der Waals surface area contributed by atoms with Gasteiger partial charge in [-0.25, -0.2) is 12.8 Å². The first-order valence-corrected chi connectivity index (χ1v) is 10.5. The lowest BCUT2D eigenvalue weighted by Gasteiger charge is -2.36. The highest BCUT2D eigenvalue weighted by atomic mass is 32.2. The Labute approximate surface area is 169 Å². The highest BCUT2D eigenvalue weighted by Crippen LogP contribution is 2.39. The summed E-state index contributed by atoms with van der Waals surface area (Å²) < 4.78 is 54.4. The summed E-state index contributed by atoms with van der Waals surface area (Å²) in [6.45, 7) is 0.826. The van der Waals surface area contributed by atoms with Gasteiger partial charge in [-0.15, -0.1) is 0 Å². The third-order valence-electron chi connectivity index (χ3n) is 5.14. The van der Waals surface area contributed by atoms with Crippen LogP contribution in [0.2, 0.25) is 0 Å². The lowest BCUT2D eigenvalue weighted by molar-refractivity contribution is 0.296. The van der Waals surface area contributed by atoms with Crippen molar-refractivity contribution in [3.05, 3.63) is 77.9 Å². The van der Waals surface area contributed by atoms with Gasteiger partial charge in [-0.2, -0.15) is 4.31 Å². The van der Waals surface area contributed by atoms with Crippen molar-refractivity contribution >= 4 is 10.0 Å². The van der Waals surface area contributed by atoms with Gasteiger partial charge < -0.3 is 14.0 Å². The van der Waals surface area contributed by atoms with Crippen LogP contribution in [0.25, 0.3) is 0 Å². The first kappa shape index (κ1) is 19.5. The predicted octanol–water partition coefficient (Wildman–Crippen LogP) is 3.44. The predicted molar refractivity (Wildman–Crippen MR) is 106 cm³/mol. The van der Waals surface area contributed by atoms with Gasteiger partial charge in [0.2, 0.25) is 10.0 Å². The third kappa shape index (κ3) is 3.38. The van der Waals surface area contributed by atoms with Crippen LogP contribution in [0.5, 0.6) is 11.5 Å². The quantitative estimate of drug-likeness (QED) is 0.639. The molecule has 4 rings (SSSR count). The van der Waals surface area contributed by atoms with E-state index in [0.29, 0.717) is 24.6 Å². The van der Waals surface area contributed by atoms with Gasteiger partial charge >= 0.3 is 0 Å². The average Bonchev–Trinajstić information content (AvgIpc) is 3.21. The Morgan fingerprint density at radius 1 is 0.966 bits per heavy atom. The fourth-order valence-corrected chi connectivity index (χ4v) is 5.30. The molecule has 0 radical (unpaired) electrons. The average molecular weight is 416 g/mol. The highest BCUT2D eigenvalue weighted by Gasteiger charge is 2.38. The number of ether oxygens (including phenoxy) is 2. The van der Waals surface area contributed by atoms with Crippen LogP contribution in [0, 0.1) is 5.82 Å². The van der Waals surface area contributed by atoms with E-state index in [2.05, 4.69) is 0 Å². The van der Waals surface area contributed by atoms with Crippen molar-refractivity contribution in [3.63, 3.8) is 0 Å². The summed E-state index contributed by atoms with van der Waals surface area (Å²) in [4.78, 5) is 0.0596. The molecule has 0 bridgehead atoms. The normalized spacial score (nSPS) is 17.0. The number of aromatic nitrogens is 1. The maximum atomic E-state index is 13.4. The number of fused-ring (bicyclic) bond motifs is 1. The Bertz CT molecular complexity index is 1130. The molecular weight excluding hydrogens is 395 g/mol. The second kappa shape index (κ2) is 7.53. The minimum Gasteiger partial charge on any atom is -0.493 e. The molecule has 29 heavy (non-hydrogen) atoms. The molecule has 6 nitrogen and oxygen atoms in total. The molecule has 0 saturated heterocycles. The monoisotopic (exact) mass is 416 g/mol. The molecule has 0 saturated carbocycles. The van der Waals surface area contributed by atoms with Gasteiger partial charge in [-0.1, -0.05) is 6.07 Å². The van der Waals surface area contributed by atoms with Gasteiger partial charge in [0.1, 0.15) is 5.82 Å². The molecule has 0 fully saturated rings. The highest BCUT2D eigenvalue weighted by molar-refractivity contribution is 7.89. The molecule has 0 N–H and O–H groups in total. The first-order valence-electron chi connectivity index (χ1n) is 9.10. The van der Waals surface area contributed by atoms with Gasteiger partial charge in [0.25, 0.3) is 0 Å². The number of methoxy groups -OCH3 is 2. The minimum atomic E-state index is -3.85. The van der Waals surface area contributed by atoms with Crippen LogP contribution < -0.4 is 9.47 Å². The number of hydrogen-bond acceptors (Lipinski definition) is 4. The summed E-state index contributed by atoms with van der Waals surface area (Å²) in [6, 6.07) is 13.6. The zero-order valence-electron chi connectivity index (χ0n) is 16.1. The molecule has 1 aliphatic rings. The Kier molecular flexibility index (Phi) is 5.06. The lowest BCUT2D eigenvalue weighted by atomic mass is 10.0. The second-order valence-electron chi connectivity index (χ2n) is 6.71. The molecule has 1 aromatic heterocycles.